The van der Waals surface area contributed by atoms with Gasteiger partial charge < -0.3 is 15.4 Å². The third kappa shape index (κ3) is 5.56. The number of hydrogen-bond donors (Lipinski definition) is 2. The van der Waals surface area contributed by atoms with Crippen LogP contribution in [0.25, 0.3) is 0 Å². The SMILES string of the molecule is CCOC(=O)NCC(=O)NC1CCC(C)CC1. The Morgan fingerprint density at radius 2 is 1.88 bits per heavy atom. The van der Waals surface area contributed by atoms with Crippen LogP contribution in [-0.2, 0) is 9.53 Å². The molecule has 0 heterocycles. The molecular weight excluding hydrogens is 220 g/mol. The highest BCUT2D eigenvalue weighted by molar-refractivity contribution is 5.82. The Morgan fingerprint density at radius 3 is 2.47 bits per heavy atom. The maximum atomic E-state index is 11.5. The van der Waals surface area contributed by atoms with Gasteiger partial charge in [-0.3, -0.25) is 4.79 Å². The van der Waals surface area contributed by atoms with Gasteiger partial charge in [-0.25, -0.2) is 4.79 Å². The maximum absolute atomic E-state index is 11.5. The van der Waals surface area contributed by atoms with Gasteiger partial charge in [0.15, 0.2) is 0 Å². The molecule has 5 heteroatoms. The lowest BCUT2D eigenvalue weighted by Crippen LogP contribution is -2.43. The predicted octanol–water partition coefficient (Wildman–Crippen LogP) is 1.43. The zero-order valence-electron chi connectivity index (χ0n) is 10.6. The average Bonchev–Trinajstić information content (AvgIpc) is 2.30. The summed E-state index contributed by atoms with van der Waals surface area (Å²) < 4.78 is 4.67. The molecule has 2 amide bonds. The van der Waals surface area contributed by atoms with Gasteiger partial charge in [0, 0.05) is 6.04 Å². The third-order valence-corrected chi connectivity index (χ3v) is 3.05. The van der Waals surface area contributed by atoms with Gasteiger partial charge in [-0.2, -0.15) is 0 Å². The van der Waals surface area contributed by atoms with Gasteiger partial charge in [0.1, 0.15) is 6.54 Å². The summed E-state index contributed by atoms with van der Waals surface area (Å²) in [6, 6.07) is 0.266. The molecule has 0 aromatic heterocycles. The van der Waals surface area contributed by atoms with E-state index in [0.717, 1.165) is 31.6 Å². The molecule has 0 bridgehead atoms. The first-order chi connectivity index (χ1) is 8.11. The van der Waals surface area contributed by atoms with Crippen molar-refractivity contribution in [3.05, 3.63) is 0 Å². The fraction of sp³-hybridized carbons (Fsp3) is 0.833. The largest absolute Gasteiger partial charge is 0.450 e. The van der Waals surface area contributed by atoms with Crippen LogP contribution in [0.4, 0.5) is 4.79 Å². The van der Waals surface area contributed by atoms with Gasteiger partial charge in [-0.05, 0) is 38.5 Å². The highest BCUT2D eigenvalue weighted by Gasteiger charge is 2.19. The molecule has 1 fully saturated rings. The Balaban J connectivity index is 2.14. The average molecular weight is 242 g/mol. The fourth-order valence-corrected chi connectivity index (χ4v) is 2.02. The molecule has 0 saturated heterocycles. The topological polar surface area (TPSA) is 67.4 Å². The van der Waals surface area contributed by atoms with E-state index in [0.29, 0.717) is 6.61 Å². The molecule has 1 saturated carbocycles. The van der Waals surface area contributed by atoms with Crippen molar-refractivity contribution in [2.75, 3.05) is 13.2 Å². The summed E-state index contributed by atoms with van der Waals surface area (Å²) >= 11 is 0. The Labute approximate surface area is 102 Å². The van der Waals surface area contributed by atoms with Crippen LogP contribution in [0, 0.1) is 5.92 Å². The number of nitrogens with one attached hydrogen (secondary N) is 2. The number of hydrogen-bond acceptors (Lipinski definition) is 3. The smallest absolute Gasteiger partial charge is 0.407 e. The van der Waals surface area contributed by atoms with Crippen LogP contribution < -0.4 is 10.6 Å². The minimum atomic E-state index is -0.542. The Hall–Kier alpha value is -1.26. The number of carbonyl (C=O) groups is 2. The summed E-state index contributed by atoms with van der Waals surface area (Å²) in [5.41, 5.74) is 0. The molecule has 0 aromatic rings. The number of rotatable bonds is 4. The quantitative estimate of drug-likeness (QED) is 0.783. The van der Waals surface area contributed by atoms with Crippen LogP contribution in [0.15, 0.2) is 0 Å². The molecule has 1 rings (SSSR count). The molecule has 0 atom stereocenters. The highest BCUT2D eigenvalue weighted by atomic mass is 16.5. The van der Waals surface area contributed by atoms with Crippen LogP contribution in [0.2, 0.25) is 0 Å². The standard InChI is InChI=1S/C12H22N2O3/c1-3-17-12(16)13-8-11(15)14-10-6-4-9(2)5-7-10/h9-10H,3-8H2,1-2H3,(H,13,16)(H,14,15). The molecule has 0 radical (unpaired) electrons. The van der Waals surface area contributed by atoms with E-state index in [1.165, 1.54) is 0 Å². The van der Waals surface area contributed by atoms with Crippen molar-refractivity contribution in [2.45, 2.75) is 45.6 Å². The summed E-state index contributed by atoms with van der Waals surface area (Å²) in [5.74, 6) is 0.624. The third-order valence-electron chi connectivity index (χ3n) is 3.05. The van der Waals surface area contributed by atoms with Crippen molar-refractivity contribution in [3.8, 4) is 0 Å². The minimum absolute atomic E-state index is 0.00904. The van der Waals surface area contributed by atoms with Crippen LogP contribution in [-0.4, -0.2) is 31.2 Å². The summed E-state index contributed by atoms with van der Waals surface area (Å²) in [4.78, 5) is 22.5. The summed E-state index contributed by atoms with van der Waals surface area (Å²) in [5, 5.41) is 5.34. The molecule has 0 aliphatic heterocycles. The lowest BCUT2D eigenvalue weighted by Gasteiger charge is -2.26. The van der Waals surface area contributed by atoms with E-state index >= 15 is 0 Å². The highest BCUT2D eigenvalue weighted by Crippen LogP contribution is 2.23. The van der Waals surface area contributed by atoms with Crippen molar-refractivity contribution in [1.29, 1.82) is 0 Å². The van der Waals surface area contributed by atoms with E-state index in [1.807, 2.05) is 0 Å². The van der Waals surface area contributed by atoms with Crippen molar-refractivity contribution in [3.63, 3.8) is 0 Å². The van der Waals surface area contributed by atoms with E-state index in [1.54, 1.807) is 6.92 Å². The first kappa shape index (κ1) is 13.8. The minimum Gasteiger partial charge on any atom is -0.450 e. The first-order valence-corrected chi connectivity index (χ1v) is 6.31. The molecule has 2 N–H and O–H groups in total. The lowest BCUT2D eigenvalue weighted by molar-refractivity contribution is -0.121. The lowest BCUT2D eigenvalue weighted by atomic mass is 9.87. The summed E-state index contributed by atoms with van der Waals surface area (Å²) in [7, 11) is 0. The van der Waals surface area contributed by atoms with Crippen LogP contribution in [0.3, 0.4) is 0 Å². The van der Waals surface area contributed by atoms with Gasteiger partial charge in [-0.1, -0.05) is 6.92 Å². The normalized spacial score (nSPS) is 23.9. The van der Waals surface area contributed by atoms with Crippen LogP contribution in [0.1, 0.15) is 39.5 Å². The van der Waals surface area contributed by atoms with Gasteiger partial charge in [-0.15, -0.1) is 0 Å². The Bertz CT molecular complexity index is 260. The van der Waals surface area contributed by atoms with Crippen molar-refractivity contribution in [1.82, 2.24) is 10.6 Å². The van der Waals surface area contributed by atoms with Gasteiger partial charge in [0.05, 0.1) is 6.61 Å². The first-order valence-electron chi connectivity index (χ1n) is 6.31. The van der Waals surface area contributed by atoms with E-state index < -0.39 is 6.09 Å². The zero-order valence-corrected chi connectivity index (χ0v) is 10.6. The molecule has 0 spiro atoms. The van der Waals surface area contributed by atoms with Gasteiger partial charge >= 0.3 is 6.09 Å². The van der Waals surface area contributed by atoms with Gasteiger partial charge in [0.2, 0.25) is 5.91 Å². The van der Waals surface area contributed by atoms with E-state index in [9.17, 15) is 9.59 Å². The molecule has 17 heavy (non-hydrogen) atoms. The summed E-state index contributed by atoms with van der Waals surface area (Å²) in [6.07, 6.45) is 3.85. The van der Waals surface area contributed by atoms with E-state index in [-0.39, 0.29) is 18.5 Å². The van der Waals surface area contributed by atoms with Crippen LogP contribution in [0.5, 0.6) is 0 Å². The summed E-state index contributed by atoms with van der Waals surface area (Å²) in [6.45, 7) is 4.27. The fourth-order valence-electron chi connectivity index (χ4n) is 2.02. The predicted molar refractivity (Wildman–Crippen MR) is 64.6 cm³/mol. The van der Waals surface area contributed by atoms with E-state index in [2.05, 4.69) is 22.3 Å². The maximum Gasteiger partial charge on any atom is 0.407 e. The zero-order chi connectivity index (χ0) is 12.7. The molecule has 0 unspecified atom stereocenters. The molecule has 98 valence electrons. The molecule has 5 nitrogen and oxygen atoms in total. The van der Waals surface area contributed by atoms with E-state index in [4.69, 9.17) is 0 Å². The molecule has 1 aliphatic rings. The number of carbonyl (C=O) groups excluding carboxylic acids is 2. The van der Waals surface area contributed by atoms with Crippen molar-refractivity contribution >= 4 is 12.0 Å². The van der Waals surface area contributed by atoms with Crippen LogP contribution >= 0.6 is 0 Å². The number of alkyl carbamates (subject to hydrolysis) is 1. The van der Waals surface area contributed by atoms with Gasteiger partial charge in [0.25, 0.3) is 0 Å². The molecular formula is C12H22N2O3. The second kappa shape index (κ2) is 7.14. The molecule has 0 aromatic carbocycles. The second-order valence-electron chi connectivity index (χ2n) is 4.60. The molecule has 1 aliphatic carbocycles. The van der Waals surface area contributed by atoms with Crippen molar-refractivity contribution in [2.24, 2.45) is 5.92 Å². The number of amides is 2. The monoisotopic (exact) mass is 242 g/mol. The number of ether oxygens (including phenoxy) is 1. The Morgan fingerprint density at radius 1 is 1.24 bits per heavy atom. The second-order valence-corrected chi connectivity index (χ2v) is 4.60. The van der Waals surface area contributed by atoms with Crippen molar-refractivity contribution < 1.29 is 14.3 Å². The Kier molecular flexibility index (Phi) is 5.80.